The van der Waals surface area contributed by atoms with Crippen LogP contribution in [0.25, 0.3) is 0 Å². The summed E-state index contributed by atoms with van der Waals surface area (Å²) in [4.78, 5) is 28.3. The van der Waals surface area contributed by atoms with Gasteiger partial charge in [-0.25, -0.2) is 5.43 Å². The molecule has 1 heterocycles. The fourth-order valence-electron chi connectivity index (χ4n) is 1.87. The molecule has 1 aromatic heterocycles. The van der Waals surface area contributed by atoms with E-state index < -0.39 is 0 Å². The Labute approximate surface area is 143 Å². The molecule has 0 aliphatic heterocycles. The Morgan fingerprint density at radius 2 is 2.17 bits per heavy atom. The highest BCUT2D eigenvalue weighted by Gasteiger charge is 2.04. The first-order valence-corrected chi connectivity index (χ1v) is 7.46. The first kappa shape index (κ1) is 17.4. The van der Waals surface area contributed by atoms with Crippen molar-refractivity contribution in [2.24, 2.45) is 5.10 Å². The maximum absolute atomic E-state index is 11.8. The number of para-hydroxylation sites is 1. The molecule has 1 amide bonds. The van der Waals surface area contributed by atoms with Gasteiger partial charge in [-0.05, 0) is 24.4 Å². The number of amides is 1. The van der Waals surface area contributed by atoms with Crippen LogP contribution in [0.2, 0.25) is 0 Å². The largest absolute Gasteiger partial charge is 0.489 e. The third-order valence-electron chi connectivity index (χ3n) is 2.84. The summed E-state index contributed by atoms with van der Waals surface area (Å²) in [5, 5.41) is 3.90. The van der Waals surface area contributed by atoms with Gasteiger partial charge in [-0.15, -0.1) is 0 Å². The zero-order valence-electron chi connectivity index (χ0n) is 12.7. The second-order valence-corrected chi connectivity index (χ2v) is 5.13. The predicted octanol–water partition coefficient (Wildman–Crippen LogP) is 1.69. The lowest BCUT2D eigenvalue weighted by Gasteiger charge is -2.06. The number of carbonyl (C=O) groups is 1. The SMILES string of the molecule is C=CCOc1ccccc1/C=N\NC(=O)Cc1cc(=O)[nH]c(=S)[nH]1. The summed E-state index contributed by atoms with van der Waals surface area (Å²) < 4.78 is 5.66. The van der Waals surface area contributed by atoms with Gasteiger partial charge in [0.2, 0.25) is 5.91 Å². The summed E-state index contributed by atoms with van der Waals surface area (Å²) in [5.74, 6) is 0.251. The van der Waals surface area contributed by atoms with E-state index in [1.165, 1.54) is 12.3 Å². The zero-order valence-corrected chi connectivity index (χ0v) is 13.6. The van der Waals surface area contributed by atoms with Crippen molar-refractivity contribution in [3.05, 3.63) is 69.4 Å². The Kier molecular flexibility index (Phi) is 6.21. The predicted molar refractivity (Wildman–Crippen MR) is 93.8 cm³/mol. The van der Waals surface area contributed by atoms with Crippen LogP contribution in [0.3, 0.4) is 0 Å². The van der Waals surface area contributed by atoms with E-state index in [1.54, 1.807) is 12.1 Å². The number of nitrogens with one attached hydrogen (secondary N) is 3. The maximum atomic E-state index is 11.8. The Morgan fingerprint density at radius 1 is 1.38 bits per heavy atom. The van der Waals surface area contributed by atoms with Gasteiger partial charge in [0, 0.05) is 17.3 Å². The van der Waals surface area contributed by atoms with Gasteiger partial charge in [0.1, 0.15) is 12.4 Å². The number of benzene rings is 1. The quantitative estimate of drug-likeness (QED) is 0.308. The van der Waals surface area contributed by atoms with Crippen molar-refractivity contribution in [2.45, 2.75) is 6.42 Å². The molecule has 2 aromatic rings. The smallest absolute Gasteiger partial charge is 0.251 e. The topological polar surface area (TPSA) is 99.3 Å². The average Bonchev–Trinajstić information content (AvgIpc) is 2.53. The van der Waals surface area contributed by atoms with E-state index in [0.717, 1.165) is 5.56 Å². The Balaban J connectivity index is 1.98. The molecule has 124 valence electrons. The minimum Gasteiger partial charge on any atom is -0.489 e. The average molecular weight is 344 g/mol. The lowest BCUT2D eigenvalue weighted by Crippen LogP contribution is -2.21. The molecular formula is C16H16N4O3S. The molecule has 8 heteroatoms. The third kappa shape index (κ3) is 5.33. The van der Waals surface area contributed by atoms with E-state index in [1.807, 2.05) is 18.2 Å². The number of nitrogens with zero attached hydrogens (tertiary/aromatic N) is 1. The van der Waals surface area contributed by atoms with Gasteiger partial charge < -0.3 is 9.72 Å². The number of hydrogen-bond donors (Lipinski definition) is 3. The van der Waals surface area contributed by atoms with Crippen molar-refractivity contribution in [3.63, 3.8) is 0 Å². The van der Waals surface area contributed by atoms with Crippen molar-refractivity contribution in [1.82, 2.24) is 15.4 Å². The standard InChI is InChI=1S/C16H16N4O3S/c1-2-7-23-13-6-4-3-5-11(13)10-17-20-15(22)9-12-8-14(21)19-16(24)18-12/h2-6,8,10H,1,7,9H2,(H,20,22)(H2,18,19,21,24)/b17-10-. The molecule has 24 heavy (non-hydrogen) atoms. The molecule has 0 unspecified atom stereocenters. The van der Waals surface area contributed by atoms with Gasteiger partial charge in [-0.2, -0.15) is 5.10 Å². The van der Waals surface area contributed by atoms with Crippen LogP contribution < -0.4 is 15.7 Å². The number of hydrogen-bond acceptors (Lipinski definition) is 5. The molecule has 0 saturated carbocycles. The van der Waals surface area contributed by atoms with Crippen LogP contribution in [0.5, 0.6) is 5.75 Å². The summed E-state index contributed by atoms with van der Waals surface area (Å²) in [6, 6.07) is 8.55. The zero-order chi connectivity index (χ0) is 17.4. The number of aromatic nitrogens is 2. The molecular weight excluding hydrogens is 328 g/mol. The van der Waals surface area contributed by atoms with Gasteiger partial charge >= 0.3 is 0 Å². The highest BCUT2D eigenvalue weighted by Crippen LogP contribution is 2.15. The van der Waals surface area contributed by atoms with E-state index >= 15 is 0 Å². The van der Waals surface area contributed by atoms with Crippen LogP contribution >= 0.6 is 12.2 Å². The molecule has 0 fully saturated rings. The van der Waals surface area contributed by atoms with Crippen molar-refractivity contribution in [3.8, 4) is 5.75 Å². The first-order chi connectivity index (χ1) is 11.6. The molecule has 0 aliphatic carbocycles. The molecule has 0 saturated heterocycles. The number of rotatable bonds is 7. The number of carbonyl (C=O) groups excluding carboxylic acids is 1. The Bertz CT molecular complexity index is 842. The molecule has 0 bridgehead atoms. The monoisotopic (exact) mass is 344 g/mol. The molecule has 0 aliphatic rings. The Hall–Kier alpha value is -3.00. The highest BCUT2D eigenvalue weighted by molar-refractivity contribution is 7.71. The number of H-pyrrole nitrogens is 2. The molecule has 3 N–H and O–H groups in total. The second kappa shape index (κ2) is 8.59. The van der Waals surface area contributed by atoms with Gasteiger partial charge in [0.05, 0.1) is 12.6 Å². The third-order valence-corrected chi connectivity index (χ3v) is 3.04. The number of aromatic amines is 2. The maximum Gasteiger partial charge on any atom is 0.251 e. The summed E-state index contributed by atoms with van der Waals surface area (Å²) in [7, 11) is 0. The van der Waals surface area contributed by atoms with E-state index in [4.69, 9.17) is 17.0 Å². The number of ether oxygens (including phenoxy) is 1. The molecule has 2 rings (SSSR count). The second-order valence-electron chi connectivity index (χ2n) is 4.72. The van der Waals surface area contributed by atoms with E-state index in [0.29, 0.717) is 18.1 Å². The summed E-state index contributed by atoms with van der Waals surface area (Å²) in [5.41, 5.74) is 3.15. The molecule has 0 atom stereocenters. The minimum absolute atomic E-state index is 0.0422. The summed E-state index contributed by atoms with van der Waals surface area (Å²) in [6.45, 7) is 3.97. The molecule has 0 spiro atoms. The highest BCUT2D eigenvalue weighted by atomic mass is 32.1. The lowest BCUT2D eigenvalue weighted by atomic mass is 10.2. The molecule has 0 radical (unpaired) electrons. The summed E-state index contributed by atoms with van der Waals surface area (Å²) in [6.07, 6.45) is 3.08. The van der Waals surface area contributed by atoms with Crippen molar-refractivity contribution in [2.75, 3.05) is 6.61 Å². The van der Waals surface area contributed by atoms with Crippen LogP contribution in [0.15, 0.2) is 52.9 Å². The van der Waals surface area contributed by atoms with Crippen LogP contribution in [0.4, 0.5) is 0 Å². The normalized spacial score (nSPS) is 10.5. The van der Waals surface area contributed by atoms with Gasteiger partial charge in [0.25, 0.3) is 5.56 Å². The van der Waals surface area contributed by atoms with Crippen molar-refractivity contribution in [1.29, 1.82) is 0 Å². The van der Waals surface area contributed by atoms with E-state index in [-0.39, 0.29) is 22.7 Å². The van der Waals surface area contributed by atoms with Crippen molar-refractivity contribution < 1.29 is 9.53 Å². The summed E-state index contributed by atoms with van der Waals surface area (Å²) >= 11 is 4.85. The van der Waals surface area contributed by atoms with Crippen LogP contribution in [0, 0.1) is 4.77 Å². The van der Waals surface area contributed by atoms with E-state index in [2.05, 4.69) is 27.1 Å². The molecule has 1 aromatic carbocycles. The van der Waals surface area contributed by atoms with Gasteiger partial charge in [-0.3, -0.25) is 14.6 Å². The fourth-order valence-corrected chi connectivity index (χ4v) is 2.10. The fraction of sp³-hybridized carbons (Fsp3) is 0.125. The number of hydrazone groups is 1. The lowest BCUT2D eigenvalue weighted by molar-refractivity contribution is -0.120. The minimum atomic E-state index is -0.382. The van der Waals surface area contributed by atoms with Crippen LogP contribution in [-0.4, -0.2) is 28.7 Å². The Morgan fingerprint density at radius 3 is 2.92 bits per heavy atom. The first-order valence-electron chi connectivity index (χ1n) is 7.05. The van der Waals surface area contributed by atoms with Gasteiger partial charge in [-0.1, -0.05) is 24.8 Å². The van der Waals surface area contributed by atoms with Gasteiger partial charge in [0.15, 0.2) is 4.77 Å². The molecule has 7 nitrogen and oxygen atoms in total. The van der Waals surface area contributed by atoms with Crippen LogP contribution in [-0.2, 0) is 11.2 Å². The van der Waals surface area contributed by atoms with Crippen LogP contribution in [0.1, 0.15) is 11.3 Å². The van der Waals surface area contributed by atoms with E-state index in [9.17, 15) is 9.59 Å². The van der Waals surface area contributed by atoms with Crippen molar-refractivity contribution >= 4 is 24.3 Å².